The summed E-state index contributed by atoms with van der Waals surface area (Å²) in [4.78, 5) is 0. The minimum Gasteiger partial charge on any atom is -0.377 e. The third-order valence-electron chi connectivity index (χ3n) is 2.82. The van der Waals surface area contributed by atoms with Crippen LogP contribution in [0.1, 0.15) is 43.9 Å². The van der Waals surface area contributed by atoms with E-state index < -0.39 is 0 Å². The number of rotatable bonds is 6. The second kappa shape index (κ2) is 6.66. The van der Waals surface area contributed by atoms with Crippen molar-refractivity contribution in [1.29, 1.82) is 0 Å². The van der Waals surface area contributed by atoms with E-state index in [1.54, 1.807) is 0 Å². The molecule has 0 radical (unpaired) electrons. The van der Waals surface area contributed by atoms with E-state index in [4.69, 9.17) is 10.5 Å². The van der Waals surface area contributed by atoms with Gasteiger partial charge in [-0.3, -0.25) is 0 Å². The van der Waals surface area contributed by atoms with Crippen molar-refractivity contribution in [3.63, 3.8) is 0 Å². The molecule has 1 aromatic carbocycles. The van der Waals surface area contributed by atoms with Crippen molar-refractivity contribution in [3.8, 4) is 0 Å². The monoisotopic (exact) mass is 221 g/mol. The van der Waals surface area contributed by atoms with Crippen LogP contribution in [-0.2, 0) is 4.74 Å². The zero-order valence-electron chi connectivity index (χ0n) is 10.6. The summed E-state index contributed by atoms with van der Waals surface area (Å²) in [7, 11) is 0. The van der Waals surface area contributed by atoms with Gasteiger partial charge in [0.25, 0.3) is 0 Å². The molecule has 0 saturated heterocycles. The first-order valence-corrected chi connectivity index (χ1v) is 6.12. The lowest BCUT2D eigenvalue weighted by atomic mass is 9.98. The van der Waals surface area contributed by atoms with Gasteiger partial charge >= 0.3 is 0 Å². The lowest BCUT2D eigenvalue weighted by Crippen LogP contribution is -2.29. The van der Waals surface area contributed by atoms with Crippen molar-refractivity contribution >= 4 is 0 Å². The van der Waals surface area contributed by atoms with Gasteiger partial charge in [-0.25, -0.2) is 0 Å². The molecule has 1 aromatic rings. The molecule has 0 aliphatic heterocycles. The molecule has 16 heavy (non-hydrogen) atoms. The molecular weight excluding hydrogens is 198 g/mol. The van der Waals surface area contributed by atoms with Gasteiger partial charge in [0.2, 0.25) is 0 Å². The number of ether oxygens (including phenoxy) is 1. The minimum atomic E-state index is -0.0134. The largest absolute Gasteiger partial charge is 0.377 e. The Morgan fingerprint density at radius 2 is 1.81 bits per heavy atom. The molecule has 0 heterocycles. The zero-order valence-corrected chi connectivity index (χ0v) is 10.6. The van der Waals surface area contributed by atoms with E-state index in [2.05, 4.69) is 38.1 Å². The molecule has 2 N–H and O–H groups in total. The zero-order chi connectivity index (χ0) is 12.0. The van der Waals surface area contributed by atoms with Gasteiger partial charge < -0.3 is 10.5 Å². The average molecular weight is 221 g/mol. The van der Waals surface area contributed by atoms with Crippen molar-refractivity contribution in [1.82, 2.24) is 0 Å². The summed E-state index contributed by atoms with van der Waals surface area (Å²) < 4.78 is 5.70. The smallest absolute Gasteiger partial charge is 0.0767 e. The van der Waals surface area contributed by atoms with Crippen molar-refractivity contribution in [2.24, 2.45) is 5.73 Å². The van der Waals surface area contributed by atoms with E-state index in [0.29, 0.717) is 0 Å². The molecule has 0 saturated carbocycles. The van der Waals surface area contributed by atoms with Gasteiger partial charge in [0.15, 0.2) is 0 Å². The molecule has 0 aliphatic carbocycles. The standard InChI is InChI=1S/C14H23NO/c1-4-6-13(16-5-2)14(15)12-9-7-11(3)8-10-12/h7-10,13-14H,4-6,15H2,1-3H3. The first kappa shape index (κ1) is 13.2. The van der Waals surface area contributed by atoms with E-state index in [-0.39, 0.29) is 12.1 Å². The summed E-state index contributed by atoms with van der Waals surface area (Å²) in [5.41, 5.74) is 8.66. The van der Waals surface area contributed by atoms with Gasteiger partial charge in [-0.15, -0.1) is 0 Å². The highest BCUT2D eigenvalue weighted by Gasteiger charge is 2.18. The summed E-state index contributed by atoms with van der Waals surface area (Å²) in [6.07, 6.45) is 2.25. The highest BCUT2D eigenvalue weighted by Crippen LogP contribution is 2.20. The molecule has 0 fully saturated rings. The Labute approximate surface area is 98.8 Å². The molecule has 0 bridgehead atoms. The van der Waals surface area contributed by atoms with E-state index in [1.165, 1.54) is 5.56 Å². The molecule has 2 atom stereocenters. The van der Waals surface area contributed by atoms with Crippen LogP contribution in [0.2, 0.25) is 0 Å². The quantitative estimate of drug-likeness (QED) is 0.800. The Morgan fingerprint density at radius 1 is 1.19 bits per heavy atom. The normalized spacial score (nSPS) is 14.8. The van der Waals surface area contributed by atoms with Crippen LogP contribution in [0, 0.1) is 6.92 Å². The van der Waals surface area contributed by atoms with E-state index in [0.717, 1.165) is 25.0 Å². The predicted octanol–water partition coefficient (Wildman–Crippen LogP) is 3.20. The van der Waals surface area contributed by atoms with Crippen LogP contribution >= 0.6 is 0 Å². The van der Waals surface area contributed by atoms with Crippen LogP contribution in [-0.4, -0.2) is 12.7 Å². The van der Waals surface area contributed by atoms with Crippen LogP contribution in [0.4, 0.5) is 0 Å². The third kappa shape index (κ3) is 3.62. The van der Waals surface area contributed by atoms with E-state index in [9.17, 15) is 0 Å². The number of benzene rings is 1. The highest BCUT2D eigenvalue weighted by molar-refractivity contribution is 5.24. The van der Waals surface area contributed by atoms with Crippen LogP contribution < -0.4 is 5.73 Å². The number of hydrogen-bond donors (Lipinski definition) is 1. The Bertz CT molecular complexity index is 288. The maximum Gasteiger partial charge on any atom is 0.0767 e. The summed E-state index contributed by atoms with van der Waals surface area (Å²) in [6.45, 7) is 6.99. The number of aryl methyl sites for hydroxylation is 1. The van der Waals surface area contributed by atoms with Crippen LogP contribution in [0.25, 0.3) is 0 Å². The molecule has 2 unspecified atom stereocenters. The lowest BCUT2D eigenvalue weighted by molar-refractivity contribution is 0.0374. The summed E-state index contributed by atoms with van der Waals surface area (Å²) in [5, 5.41) is 0. The molecule has 0 spiro atoms. The van der Waals surface area contributed by atoms with Gasteiger partial charge in [0, 0.05) is 6.61 Å². The summed E-state index contributed by atoms with van der Waals surface area (Å²) in [5.74, 6) is 0. The molecule has 1 rings (SSSR count). The average Bonchev–Trinajstić information content (AvgIpc) is 2.29. The van der Waals surface area contributed by atoms with Gasteiger partial charge in [-0.2, -0.15) is 0 Å². The Balaban J connectivity index is 2.72. The first-order valence-electron chi connectivity index (χ1n) is 6.12. The SMILES string of the molecule is CCCC(OCC)C(N)c1ccc(C)cc1. The molecule has 0 aliphatic rings. The molecule has 0 amide bonds. The van der Waals surface area contributed by atoms with Gasteiger partial charge in [-0.05, 0) is 25.8 Å². The number of hydrogen-bond acceptors (Lipinski definition) is 2. The molecule has 0 aromatic heterocycles. The van der Waals surface area contributed by atoms with Gasteiger partial charge in [0.1, 0.15) is 0 Å². The fraction of sp³-hybridized carbons (Fsp3) is 0.571. The Morgan fingerprint density at radius 3 is 2.31 bits per heavy atom. The molecule has 2 heteroatoms. The van der Waals surface area contributed by atoms with E-state index in [1.807, 2.05) is 6.92 Å². The van der Waals surface area contributed by atoms with E-state index >= 15 is 0 Å². The van der Waals surface area contributed by atoms with Gasteiger partial charge in [-0.1, -0.05) is 43.2 Å². The van der Waals surface area contributed by atoms with Crippen molar-refractivity contribution < 1.29 is 4.74 Å². The maximum atomic E-state index is 6.24. The fourth-order valence-electron chi connectivity index (χ4n) is 1.87. The second-order valence-corrected chi connectivity index (χ2v) is 4.22. The van der Waals surface area contributed by atoms with Gasteiger partial charge in [0.05, 0.1) is 12.1 Å². The molecule has 90 valence electrons. The van der Waals surface area contributed by atoms with Crippen LogP contribution in [0.5, 0.6) is 0 Å². The summed E-state index contributed by atoms with van der Waals surface area (Å²) >= 11 is 0. The van der Waals surface area contributed by atoms with Crippen molar-refractivity contribution in [2.75, 3.05) is 6.61 Å². The molecule has 2 nitrogen and oxygen atoms in total. The predicted molar refractivity (Wildman–Crippen MR) is 68.4 cm³/mol. The van der Waals surface area contributed by atoms with Crippen molar-refractivity contribution in [2.45, 2.75) is 45.8 Å². The minimum absolute atomic E-state index is 0.0134. The maximum absolute atomic E-state index is 6.24. The lowest BCUT2D eigenvalue weighted by Gasteiger charge is -2.23. The molecular formula is C14H23NO. The topological polar surface area (TPSA) is 35.2 Å². The fourth-order valence-corrected chi connectivity index (χ4v) is 1.87. The van der Waals surface area contributed by atoms with Crippen molar-refractivity contribution in [3.05, 3.63) is 35.4 Å². The van der Waals surface area contributed by atoms with Crippen LogP contribution in [0.15, 0.2) is 24.3 Å². The third-order valence-corrected chi connectivity index (χ3v) is 2.82. The Hall–Kier alpha value is -0.860. The van der Waals surface area contributed by atoms with Crippen LogP contribution in [0.3, 0.4) is 0 Å². The Kier molecular flexibility index (Phi) is 5.50. The highest BCUT2D eigenvalue weighted by atomic mass is 16.5. The summed E-state index contributed by atoms with van der Waals surface area (Å²) in [6, 6.07) is 8.39. The number of nitrogens with two attached hydrogens (primary N) is 1. The second-order valence-electron chi connectivity index (χ2n) is 4.22. The first-order chi connectivity index (χ1) is 7.69.